The Morgan fingerprint density at radius 2 is 2.19 bits per heavy atom. The summed E-state index contributed by atoms with van der Waals surface area (Å²) in [6, 6.07) is 5.34. The van der Waals surface area contributed by atoms with Crippen LogP contribution in [0.25, 0.3) is 0 Å². The minimum Gasteiger partial charge on any atom is -0.496 e. The molecular formula is C13H18FNO. The summed E-state index contributed by atoms with van der Waals surface area (Å²) >= 11 is 0. The molecule has 2 atom stereocenters. The lowest BCUT2D eigenvalue weighted by molar-refractivity contribution is 0.403. The Labute approximate surface area is 95.8 Å². The van der Waals surface area contributed by atoms with E-state index in [0.29, 0.717) is 12.0 Å². The molecule has 1 N–H and O–H groups in total. The molecule has 16 heavy (non-hydrogen) atoms. The van der Waals surface area contributed by atoms with Crippen LogP contribution in [0.1, 0.15) is 30.7 Å². The van der Waals surface area contributed by atoms with Gasteiger partial charge in [0.2, 0.25) is 0 Å². The Bertz CT molecular complexity index is 367. The third-order valence-electron chi connectivity index (χ3n) is 3.47. The van der Waals surface area contributed by atoms with Crippen molar-refractivity contribution in [3.05, 3.63) is 29.6 Å². The molecule has 0 aromatic heterocycles. The van der Waals surface area contributed by atoms with Gasteiger partial charge < -0.3 is 10.1 Å². The monoisotopic (exact) mass is 223 g/mol. The molecule has 1 aromatic rings. The van der Waals surface area contributed by atoms with Crippen molar-refractivity contribution in [1.29, 1.82) is 0 Å². The van der Waals surface area contributed by atoms with Crippen molar-refractivity contribution in [3.8, 4) is 5.75 Å². The van der Waals surface area contributed by atoms with Gasteiger partial charge in [0.15, 0.2) is 0 Å². The van der Waals surface area contributed by atoms with Crippen molar-refractivity contribution in [2.75, 3.05) is 14.2 Å². The Balaban J connectivity index is 2.22. The average Bonchev–Trinajstić information content (AvgIpc) is 2.77. The standard InChI is InChI=1S/C13H18FNO/c1-15-11-5-3-9(7-11)12-8-10(14)4-6-13(12)16-2/h4,6,8-9,11,15H,3,5,7H2,1-2H3. The Morgan fingerprint density at radius 3 is 2.81 bits per heavy atom. The molecule has 2 rings (SSSR count). The first-order chi connectivity index (χ1) is 7.74. The van der Waals surface area contributed by atoms with Crippen LogP contribution >= 0.6 is 0 Å². The van der Waals surface area contributed by atoms with Gasteiger partial charge in [-0.15, -0.1) is 0 Å². The van der Waals surface area contributed by atoms with Crippen LogP contribution in [-0.4, -0.2) is 20.2 Å². The van der Waals surface area contributed by atoms with E-state index in [2.05, 4.69) is 5.32 Å². The van der Waals surface area contributed by atoms with Crippen LogP contribution in [0.15, 0.2) is 18.2 Å². The number of rotatable bonds is 3. The maximum absolute atomic E-state index is 13.2. The van der Waals surface area contributed by atoms with Crippen molar-refractivity contribution in [2.45, 2.75) is 31.2 Å². The van der Waals surface area contributed by atoms with Gasteiger partial charge in [-0.05, 0) is 50.4 Å². The van der Waals surface area contributed by atoms with Crippen molar-refractivity contribution >= 4 is 0 Å². The predicted molar refractivity (Wildman–Crippen MR) is 62.4 cm³/mol. The molecule has 0 amide bonds. The maximum Gasteiger partial charge on any atom is 0.123 e. The fraction of sp³-hybridized carbons (Fsp3) is 0.538. The fourth-order valence-electron chi connectivity index (χ4n) is 2.55. The molecule has 1 saturated carbocycles. The van der Waals surface area contributed by atoms with Gasteiger partial charge in [-0.2, -0.15) is 0 Å². The first kappa shape index (κ1) is 11.4. The molecule has 3 heteroatoms. The largest absolute Gasteiger partial charge is 0.496 e. The third-order valence-corrected chi connectivity index (χ3v) is 3.47. The molecule has 88 valence electrons. The normalized spacial score (nSPS) is 24.7. The number of benzene rings is 1. The highest BCUT2D eigenvalue weighted by molar-refractivity contribution is 5.37. The summed E-state index contributed by atoms with van der Waals surface area (Å²) in [5.74, 6) is 1.05. The second-order valence-electron chi connectivity index (χ2n) is 4.38. The zero-order chi connectivity index (χ0) is 11.5. The molecule has 2 nitrogen and oxygen atoms in total. The van der Waals surface area contributed by atoms with Gasteiger partial charge in [0.1, 0.15) is 11.6 Å². The van der Waals surface area contributed by atoms with E-state index in [9.17, 15) is 4.39 Å². The Hall–Kier alpha value is -1.09. The lowest BCUT2D eigenvalue weighted by Gasteiger charge is -2.15. The van der Waals surface area contributed by atoms with E-state index in [0.717, 1.165) is 30.6 Å². The van der Waals surface area contributed by atoms with Crippen LogP contribution in [-0.2, 0) is 0 Å². The topological polar surface area (TPSA) is 21.3 Å². The van der Waals surface area contributed by atoms with E-state index in [-0.39, 0.29) is 5.82 Å². The van der Waals surface area contributed by atoms with Gasteiger partial charge in [0.05, 0.1) is 7.11 Å². The van der Waals surface area contributed by atoms with Gasteiger partial charge in [0, 0.05) is 11.6 Å². The van der Waals surface area contributed by atoms with Crippen molar-refractivity contribution < 1.29 is 9.13 Å². The first-order valence-corrected chi connectivity index (χ1v) is 5.75. The first-order valence-electron chi connectivity index (χ1n) is 5.75. The zero-order valence-corrected chi connectivity index (χ0v) is 9.79. The lowest BCUT2D eigenvalue weighted by Crippen LogP contribution is -2.21. The molecule has 0 radical (unpaired) electrons. The van der Waals surface area contributed by atoms with Crippen LogP contribution < -0.4 is 10.1 Å². The highest BCUT2D eigenvalue weighted by Crippen LogP contribution is 2.39. The second kappa shape index (κ2) is 4.83. The summed E-state index contributed by atoms with van der Waals surface area (Å²) in [5.41, 5.74) is 1.01. The lowest BCUT2D eigenvalue weighted by atomic mass is 9.96. The van der Waals surface area contributed by atoms with E-state index in [4.69, 9.17) is 4.74 Å². The maximum atomic E-state index is 13.2. The van der Waals surface area contributed by atoms with Crippen LogP contribution in [0, 0.1) is 5.82 Å². The zero-order valence-electron chi connectivity index (χ0n) is 9.79. The summed E-state index contributed by atoms with van der Waals surface area (Å²) in [6.45, 7) is 0. The minimum absolute atomic E-state index is 0.177. The Kier molecular flexibility index (Phi) is 3.44. The minimum atomic E-state index is -0.177. The molecule has 2 unspecified atom stereocenters. The number of hydrogen-bond donors (Lipinski definition) is 1. The third kappa shape index (κ3) is 2.19. The molecule has 0 bridgehead atoms. The van der Waals surface area contributed by atoms with Crippen LogP contribution in [0.3, 0.4) is 0 Å². The Morgan fingerprint density at radius 1 is 1.38 bits per heavy atom. The van der Waals surface area contributed by atoms with Gasteiger partial charge in [-0.3, -0.25) is 0 Å². The molecule has 0 heterocycles. The van der Waals surface area contributed by atoms with E-state index < -0.39 is 0 Å². The predicted octanol–water partition coefficient (Wildman–Crippen LogP) is 2.69. The van der Waals surface area contributed by atoms with Gasteiger partial charge in [0.25, 0.3) is 0 Å². The second-order valence-corrected chi connectivity index (χ2v) is 4.38. The summed E-state index contributed by atoms with van der Waals surface area (Å²) < 4.78 is 18.5. The SMILES string of the molecule is CNC1CCC(c2cc(F)ccc2OC)C1. The van der Waals surface area contributed by atoms with Gasteiger partial charge in [-0.1, -0.05) is 0 Å². The molecule has 1 aliphatic rings. The number of halogens is 1. The van der Waals surface area contributed by atoms with Crippen LogP contribution in [0.2, 0.25) is 0 Å². The molecular weight excluding hydrogens is 205 g/mol. The molecule has 0 saturated heterocycles. The van der Waals surface area contributed by atoms with E-state index in [1.807, 2.05) is 7.05 Å². The van der Waals surface area contributed by atoms with Gasteiger partial charge >= 0.3 is 0 Å². The highest BCUT2D eigenvalue weighted by atomic mass is 19.1. The van der Waals surface area contributed by atoms with E-state index >= 15 is 0 Å². The van der Waals surface area contributed by atoms with E-state index in [1.165, 1.54) is 6.07 Å². The molecule has 1 aromatic carbocycles. The molecule has 1 fully saturated rings. The average molecular weight is 223 g/mol. The summed E-state index contributed by atoms with van der Waals surface area (Å²) in [5, 5.41) is 3.28. The number of methoxy groups -OCH3 is 1. The molecule has 0 spiro atoms. The van der Waals surface area contributed by atoms with Crippen LogP contribution in [0.4, 0.5) is 4.39 Å². The number of nitrogens with one attached hydrogen (secondary N) is 1. The quantitative estimate of drug-likeness (QED) is 0.850. The van der Waals surface area contributed by atoms with Crippen molar-refractivity contribution in [1.82, 2.24) is 5.32 Å². The number of ether oxygens (including phenoxy) is 1. The summed E-state index contributed by atoms with van der Waals surface area (Å²) in [7, 11) is 3.62. The summed E-state index contributed by atoms with van der Waals surface area (Å²) in [4.78, 5) is 0. The van der Waals surface area contributed by atoms with E-state index in [1.54, 1.807) is 19.2 Å². The van der Waals surface area contributed by atoms with Crippen LogP contribution in [0.5, 0.6) is 5.75 Å². The molecule has 1 aliphatic carbocycles. The fourth-order valence-corrected chi connectivity index (χ4v) is 2.55. The smallest absolute Gasteiger partial charge is 0.123 e. The van der Waals surface area contributed by atoms with Crippen molar-refractivity contribution in [3.63, 3.8) is 0 Å². The van der Waals surface area contributed by atoms with Crippen molar-refractivity contribution in [2.24, 2.45) is 0 Å². The molecule has 0 aliphatic heterocycles. The summed E-state index contributed by atoms with van der Waals surface area (Å²) in [6.07, 6.45) is 3.32. The van der Waals surface area contributed by atoms with Gasteiger partial charge in [-0.25, -0.2) is 4.39 Å². The highest BCUT2D eigenvalue weighted by Gasteiger charge is 2.27. The number of hydrogen-bond acceptors (Lipinski definition) is 2.